The molecule has 3 heterocycles. The topological polar surface area (TPSA) is 127 Å². The number of imidazole rings is 1. The molecule has 7 aliphatic rings. The zero-order valence-electron chi connectivity index (χ0n) is 30.8. The molecule has 271 valence electrons. The minimum Gasteiger partial charge on any atom is -0.389 e. The number of carbonyl (C=O) groups excluding carboxylic acids is 1. The van der Waals surface area contributed by atoms with E-state index in [0.717, 1.165) is 38.5 Å². The van der Waals surface area contributed by atoms with E-state index in [1.54, 1.807) is 36.7 Å². The molecule has 7 fully saturated rings. The van der Waals surface area contributed by atoms with E-state index in [1.165, 1.54) is 6.42 Å². The molecule has 11 atom stereocenters. The maximum atomic E-state index is 13.2. The summed E-state index contributed by atoms with van der Waals surface area (Å²) in [6.45, 7) is 16.3. The molecule has 5 aliphatic carbocycles. The third kappa shape index (κ3) is 4.52. The van der Waals surface area contributed by atoms with E-state index in [1.807, 2.05) is 11.9 Å². The van der Waals surface area contributed by atoms with Gasteiger partial charge in [0.2, 0.25) is 0 Å². The van der Waals surface area contributed by atoms with Crippen molar-refractivity contribution in [2.45, 2.75) is 130 Å². The Labute approximate surface area is 292 Å². The Morgan fingerprint density at radius 3 is 2.61 bits per heavy atom. The van der Waals surface area contributed by atoms with Crippen molar-refractivity contribution in [3.8, 4) is 0 Å². The summed E-state index contributed by atoms with van der Waals surface area (Å²) in [6.07, 6.45) is 10.4. The van der Waals surface area contributed by atoms with Crippen LogP contribution in [-0.2, 0) is 21.3 Å². The normalized spacial score (nSPS) is 45.9. The first-order valence-electron chi connectivity index (χ1n) is 18.8. The summed E-state index contributed by atoms with van der Waals surface area (Å²) < 4.78 is 21.2. The molecule has 3 radical (unpaired) electrons. The molecule has 2 spiro atoms. The lowest BCUT2D eigenvalue weighted by Crippen LogP contribution is -2.59. The first-order chi connectivity index (χ1) is 22.9. The molecule has 2 saturated heterocycles. The minimum atomic E-state index is -1.32. The van der Waals surface area contributed by atoms with E-state index in [4.69, 9.17) is 14.2 Å². The van der Waals surface area contributed by atoms with Crippen molar-refractivity contribution < 1.29 is 34.3 Å². The molecule has 49 heavy (non-hydrogen) atoms. The van der Waals surface area contributed by atoms with E-state index in [0.29, 0.717) is 50.1 Å². The van der Waals surface area contributed by atoms with Crippen LogP contribution in [0.3, 0.4) is 0 Å². The van der Waals surface area contributed by atoms with Gasteiger partial charge >= 0.3 is 0 Å². The second-order valence-corrected chi connectivity index (χ2v) is 18.6. The van der Waals surface area contributed by atoms with E-state index < -0.39 is 29.5 Å². The van der Waals surface area contributed by atoms with Gasteiger partial charge in [-0.3, -0.25) is 4.79 Å². The molecule has 1 aromatic rings. The molecule has 10 nitrogen and oxygen atoms in total. The van der Waals surface area contributed by atoms with Gasteiger partial charge in [-0.2, -0.15) is 0 Å². The van der Waals surface area contributed by atoms with Crippen molar-refractivity contribution in [3.05, 3.63) is 36.3 Å². The molecule has 0 bridgehead atoms. The zero-order valence-corrected chi connectivity index (χ0v) is 30.8. The van der Waals surface area contributed by atoms with E-state index in [2.05, 4.69) is 39.6 Å². The number of nitrogens with zero attached hydrogens (tertiary/aromatic N) is 3. The van der Waals surface area contributed by atoms with E-state index in [-0.39, 0.29) is 45.5 Å². The van der Waals surface area contributed by atoms with Crippen LogP contribution in [0.15, 0.2) is 12.4 Å². The summed E-state index contributed by atoms with van der Waals surface area (Å²) in [7, 11) is 1.84. The average Bonchev–Trinajstić information content (AvgIpc) is 3.45. The summed E-state index contributed by atoms with van der Waals surface area (Å²) in [4.78, 5) is 19.3. The molecule has 3 N–H and O–H groups in total. The number of rotatable bonds is 5. The Bertz CT molecular complexity index is 1470. The fourth-order valence-electron chi connectivity index (χ4n) is 13.0. The number of amides is 1. The van der Waals surface area contributed by atoms with Crippen LogP contribution in [0.25, 0.3) is 0 Å². The number of carbonyl (C=O) groups is 1. The number of aliphatic hydroxyl groups is 3. The monoisotopic (exact) mass is 680 g/mol. The fraction of sp³-hybridized carbons (Fsp3) is 0.821. The summed E-state index contributed by atoms with van der Waals surface area (Å²) >= 11 is 0. The van der Waals surface area contributed by atoms with Gasteiger partial charge in [-0.25, -0.2) is 4.98 Å². The molecule has 1 unspecified atom stereocenters. The van der Waals surface area contributed by atoms with Crippen molar-refractivity contribution >= 4 is 5.91 Å². The van der Waals surface area contributed by atoms with Crippen LogP contribution in [-0.4, -0.2) is 85.6 Å². The fourth-order valence-corrected chi connectivity index (χ4v) is 13.0. The van der Waals surface area contributed by atoms with Crippen molar-refractivity contribution in [2.24, 2.45) is 51.9 Å². The number of aromatic nitrogens is 2. The molecular weight excluding hydrogens is 622 g/mol. The molecular formula is C39H58N3O7. The second kappa shape index (κ2) is 11.0. The smallest absolute Gasteiger partial charge is 0.290 e. The Hall–Kier alpha value is -1.56. The molecule has 1 aromatic heterocycles. The van der Waals surface area contributed by atoms with Crippen molar-refractivity contribution in [2.75, 3.05) is 19.7 Å². The number of fused-ring (bicyclic) bond motifs is 4. The van der Waals surface area contributed by atoms with Crippen LogP contribution in [0.2, 0.25) is 0 Å². The summed E-state index contributed by atoms with van der Waals surface area (Å²) in [6, 6.07) is 0. The Morgan fingerprint density at radius 1 is 1.16 bits per heavy atom. The van der Waals surface area contributed by atoms with Gasteiger partial charge < -0.3 is 39.0 Å². The SMILES string of the molecule is C[C@@H]1C[C]([C@H](O)C(C)(C)O)O[C]2[C@H]1[C@@]1(C)CC[C@@]34C[C@@]35CCC(O[C@H]3CN(C(=O)c6nccn6C)CCO3)C(C)(C)[C@@H]5CC[C]4[C@]1(C)[C@H]2O. The average molecular weight is 681 g/mol. The third-order valence-electron chi connectivity index (χ3n) is 15.6. The maximum absolute atomic E-state index is 13.2. The van der Waals surface area contributed by atoms with Crippen molar-refractivity contribution in [1.82, 2.24) is 14.5 Å². The molecule has 0 aromatic carbocycles. The first-order valence-corrected chi connectivity index (χ1v) is 18.8. The van der Waals surface area contributed by atoms with Gasteiger partial charge in [0.15, 0.2) is 12.1 Å². The van der Waals surface area contributed by atoms with Gasteiger partial charge in [-0.1, -0.05) is 34.6 Å². The Balaban J connectivity index is 1.01. The largest absolute Gasteiger partial charge is 0.389 e. The number of hydrogen-bond acceptors (Lipinski definition) is 8. The van der Waals surface area contributed by atoms with Gasteiger partial charge in [0.05, 0.1) is 31.0 Å². The molecule has 5 saturated carbocycles. The highest BCUT2D eigenvalue weighted by Gasteiger charge is 2.85. The third-order valence-corrected chi connectivity index (χ3v) is 15.6. The number of morpholine rings is 1. The quantitative estimate of drug-likeness (QED) is 0.404. The van der Waals surface area contributed by atoms with Crippen LogP contribution < -0.4 is 0 Å². The van der Waals surface area contributed by atoms with E-state index in [9.17, 15) is 20.1 Å². The van der Waals surface area contributed by atoms with Crippen LogP contribution >= 0.6 is 0 Å². The first kappa shape index (κ1) is 34.5. The summed E-state index contributed by atoms with van der Waals surface area (Å²) in [5.74, 6) is 2.70. The lowest BCUT2D eigenvalue weighted by Gasteiger charge is -2.63. The minimum absolute atomic E-state index is 0.0286. The van der Waals surface area contributed by atoms with Crippen LogP contribution in [0, 0.1) is 63.0 Å². The van der Waals surface area contributed by atoms with Gasteiger partial charge in [0, 0.05) is 37.3 Å². The summed E-state index contributed by atoms with van der Waals surface area (Å²) in [5, 5.41) is 34.0. The van der Waals surface area contributed by atoms with Crippen LogP contribution in [0.1, 0.15) is 110 Å². The van der Waals surface area contributed by atoms with Gasteiger partial charge in [-0.05, 0) is 105 Å². The molecule has 2 aliphatic heterocycles. The Kier molecular flexibility index (Phi) is 7.74. The number of aliphatic hydroxyl groups excluding tert-OH is 2. The molecule has 10 heteroatoms. The highest BCUT2D eigenvalue weighted by molar-refractivity contribution is 5.90. The van der Waals surface area contributed by atoms with Crippen LogP contribution in [0.5, 0.6) is 0 Å². The Morgan fingerprint density at radius 2 is 1.92 bits per heavy atom. The van der Waals surface area contributed by atoms with Gasteiger partial charge in [0.25, 0.3) is 5.91 Å². The predicted molar refractivity (Wildman–Crippen MR) is 181 cm³/mol. The molecule has 8 rings (SSSR count). The van der Waals surface area contributed by atoms with Gasteiger partial charge in [-0.15, -0.1) is 0 Å². The lowest BCUT2D eigenvalue weighted by atomic mass is 9.41. The second-order valence-electron chi connectivity index (χ2n) is 18.6. The van der Waals surface area contributed by atoms with Gasteiger partial charge in [0.1, 0.15) is 18.3 Å². The number of aryl methyl sites for hydroxylation is 1. The number of ether oxygens (including phenoxy) is 3. The highest BCUT2D eigenvalue weighted by atomic mass is 16.7. The number of hydrogen-bond donors (Lipinski definition) is 3. The molecule has 1 amide bonds. The predicted octanol–water partition coefficient (Wildman–Crippen LogP) is 4.83. The maximum Gasteiger partial charge on any atom is 0.290 e. The summed E-state index contributed by atoms with van der Waals surface area (Å²) in [5.41, 5.74) is -1.62. The highest BCUT2D eigenvalue weighted by Crippen LogP contribution is 2.90. The van der Waals surface area contributed by atoms with Crippen molar-refractivity contribution in [3.63, 3.8) is 0 Å². The van der Waals surface area contributed by atoms with Crippen LogP contribution in [0.4, 0.5) is 0 Å². The van der Waals surface area contributed by atoms with E-state index >= 15 is 0 Å². The van der Waals surface area contributed by atoms with Crippen molar-refractivity contribution in [1.29, 1.82) is 0 Å². The zero-order chi connectivity index (χ0) is 35.1. The lowest BCUT2D eigenvalue weighted by molar-refractivity contribution is -0.239. The standard InChI is InChI=1S/C39H58N3O7/c1-22-19-23(30(43)35(4,5)46)48-29-28(22)36(6)13-14-39-21-38(39)12-11-26(34(2,3)24(38)9-10-25(39)37(36,7)31(29)44)49-27-20-42(17-18-47-27)33(45)32-40-15-16-41(32)8/h15-16,22,24,26-28,30-31,43-44,46H,9-14,17-21H2,1-8H3/t22-,24+,26?,27+,28+,30+,31+,36-,37-,38-,39+/m1/s1.